The molecule has 0 spiro atoms. The molecule has 0 aliphatic carbocycles. The maximum absolute atomic E-state index is 6.43. The molecule has 4 heteroatoms. The van der Waals surface area contributed by atoms with Gasteiger partial charge < -0.3 is 4.43 Å². The maximum Gasteiger partial charge on any atom is 0.192 e. The number of benzene rings is 1. The van der Waals surface area contributed by atoms with Gasteiger partial charge in [-0.1, -0.05) is 48.8 Å². The summed E-state index contributed by atoms with van der Waals surface area (Å²) in [6.45, 7) is 13.4. The van der Waals surface area contributed by atoms with E-state index in [0.29, 0.717) is 0 Å². The fourth-order valence-corrected chi connectivity index (χ4v) is 3.72. The highest BCUT2D eigenvalue weighted by Gasteiger charge is 2.38. The second-order valence-corrected chi connectivity index (χ2v) is 12.8. The summed E-state index contributed by atoms with van der Waals surface area (Å²) in [6.07, 6.45) is 0.0225. The highest BCUT2D eigenvalue weighted by atomic mass is 79.9. The highest BCUT2D eigenvalue weighted by molar-refractivity contribution is 9.10. The van der Waals surface area contributed by atoms with E-state index in [9.17, 15) is 0 Å². The van der Waals surface area contributed by atoms with Crippen LogP contribution in [0, 0.1) is 0 Å². The average Bonchev–Trinajstić information content (AvgIpc) is 2.35. The molecule has 0 aliphatic heterocycles. The second-order valence-electron chi connectivity index (χ2n) is 7.09. The van der Waals surface area contributed by atoms with E-state index in [0.717, 1.165) is 21.1 Å². The molecule has 0 fully saturated rings. The lowest BCUT2D eigenvalue weighted by Gasteiger charge is -2.38. The van der Waals surface area contributed by atoms with Crippen molar-refractivity contribution in [3.8, 4) is 0 Å². The Bertz CT molecular complexity index is 649. The van der Waals surface area contributed by atoms with Crippen molar-refractivity contribution in [2.75, 3.05) is 0 Å². The summed E-state index contributed by atoms with van der Waals surface area (Å²) in [5.74, 6) is 0. The number of halogens is 1. The predicted octanol–water partition coefficient (Wildman–Crippen LogP) is 6.08. The van der Waals surface area contributed by atoms with Gasteiger partial charge in [0.2, 0.25) is 0 Å². The van der Waals surface area contributed by atoms with E-state index >= 15 is 0 Å². The third-order valence-electron chi connectivity index (χ3n) is 4.37. The Morgan fingerprint density at radius 1 is 1.14 bits per heavy atom. The van der Waals surface area contributed by atoms with Crippen molar-refractivity contribution in [1.29, 1.82) is 0 Å². The van der Waals surface area contributed by atoms with E-state index < -0.39 is 8.32 Å². The van der Waals surface area contributed by atoms with Crippen molar-refractivity contribution in [3.05, 3.63) is 40.5 Å². The standard InChI is InChI=1S/C17H24BrNOSi/c1-12(20-21(5,6)17(2,3)4)15-10-8-13-7-9-14(18)11-16(13)19-15/h7-12H,1-6H3/t12-/m1/s1. The molecule has 1 heterocycles. The first-order valence-corrected chi connectivity index (χ1v) is 11.0. The van der Waals surface area contributed by atoms with E-state index in [1.54, 1.807) is 0 Å². The number of pyridine rings is 1. The van der Waals surface area contributed by atoms with Gasteiger partial charge in [-0.25, -0.2) is 0 Å². The fraction of sp³-hybridized carbons (Fsp3) is 0.471. The van der Waals surface area contributed by atoms with Crippen LogP contribution in [0.2, 0.25) is 18.1 Å². The smallest absolute Gasteiger partial charge is 0.192 e. The van der Waals surface area contributed by atoms with Gasteiger partial charge in [0.05, 0.1) is 17.3 Å². The normalized spacial score (nSPS) is 14.4. The number of hydrogen-bond acceptors (Lipinski definition) is 2. The van der Waals surface area contributed by atoms with E-state index in [-0.39, 0.29) is 11.1 Å². The van der Waals surface area contributed by atoms with Crippen LogP contribution in [0.25, 0.3) is 10.9 Å². The van der Waals surface area contributed by atoms with Crippen molar-refractivity contribution < 1.29 is 4.43 Å². The zero-order chi connectivity index (χ0) is 15.8. The zero-order valence-electron chi connectivity index (χ0n) is 13.7. The third-order valence-corrected chi connectivity index (χ3v) is 9.42. The molecular formula is C17H24BrNOSi. The van der Waals surface area contributed by atoms with Crippen molar-refractivity contribution in [1.82, 2.24) is 4.98 Å². The van der Waals surface area contributed by atoms with Gasteiger partial charge in [0.25, 0.3) is 0 Å². The van der Waals surface area contributed by atoms with E-state index in [2.05, 4.69) is 81.0 Å². The van der Waals surface area contributed by atoms with Crippen LogP contribution in [0.15, 0.2) is 34.8 Å². The van der Waals surface area contributed by atoms with Crippen LogP contribution in [-0.4, -0.2) is 13.3 Å². The van der Waals surface area contributed by atoms with Gasteiger partial charge in [-0.15, -0.1) is 0 Å². The Balaban J connectivity index is 2.29. The molecule has 0 bridgehead atoms. The van der Waals surface area contributed by atoms with Crippen molar-refractivity contribution in [3.63, 3.8) is 0 Å². The first-order chi connectivity index (χ1) is 9.60. The van der Waals surface area contributed by atoms with Crippen molar-refractivity contribution >= 4 is 35.2 Å². The molecule has 0 amide bonds. The number of fused-ring (bicyclic) bond motifs is 1. The zero-order valence-corrected chi connectivity index (χ0v) is 16.3. The van der Waals surface area contributed by atoms with Crippen LogP contribution < -0.4 is 0 Å². The summed E-state index contributed by atoms with van der Waals surface area (Å²) in [5, 5.41) is 1.36. The predicted molar refractivity (Wildman–Crippen MR) is 96.1 cm³/mol. The summed E-state index contributed by atoms with van der Waals surface area (Å²) in [4.78, 5) is 4.77. The largest absolute Gasteiger partial charge is 0.409 e. The summed E-state index contributed by atoms with van der Waals surface area (Å²) >= 11 is 3.50. The van der Waals surface area contributed by atoms with Crippen molar-refractivity contribution in [2.45, 2.75) is 51.9 Å². The minimum Gasteiger partial charge on any atom is -0.409 e. The van der Waals surface area contributed by atoms with Crippen LogP contribution in [-0.2, 0) is 4.43 Å². The van der Waals surface area contributed by atoms with Gasteiger partial charge >= 0.3 is 0 Å². The molecule has 0 N–H and O–H groups in total. The molecule has 21 heavy (non-hydrogen) atoms. The summed E-state index contributed by atoms with van der Waals surface area (Å²) in [6, 6.07) is 10.4. The first kappa shape index (κ1) is 16.7. The molecule has 0 radical (unpaired) electrons. The van der Waals surface area contributed by atoms with Gasteiger partial charge in [-0.2, -0.15) is 0 Å². The lowest BCUT2D eigenvalue weighted by atomic mass is 10.2. The highest BCUT2D eigenvalue weighted by Crippen LogP contribution is 2.39. The SMILES string of the molecule is C[C@@H](O[Si](C)(C)C(C)(C)C)c1ccc2ccc(Br)cc2n1. The Hall–Kier alpha value is -0.713. The number of nitrogens with zero attached hydrogens (tertiary/aromatic N) is 1. The van der Waals surface area contributed by atoms with Crippen molar-refractivity contribution in [2.24, 2.45) is 0 Å². The first-order valence-electron chi connectivity index (χ1n) is 7.34. The molecule has 0 unspecified atom stereocenters. The lowest BCUT2D eigenvalue weighted by molar-refractivity contribution is 0.199. The molecule has 0 saturated heterocycles. The summed E-state index contributed by atoms with van der Waals surface area (Å²) in [7, 11) is -1.78. The van der Waals surface area contributed by atoms with Crippen LogP contribution in [0.4, 0.5) is 0 Å². The molecule has 2 rings (SSSR count). The van der Waals surface area contributed by atoms with Crippen LogP contribution >= 0.6 is 15.9 Å². The minimum absolute atomic E-state index is 0.0225. The average molecular weight is 366 g/mol. The molecule has 1 aromatic carbocycles. The lowest BCUT2D eigenvalue weighted by Crippen LogP contribution is -2.41. The van der Waals surface area contributed by atoms with Gasteiger partial charge in [0.15, 0.2) is 8.32 Å². The summed E-state index contributed by atoms with van der Waals surface area (Å²) < 4.78 is 7.49. The van der Waals surface area contributed by atoms with E-state index in [1.807, 2.05) is 6.07 Å². The van der Waals surface area contributed by atoms with Gasteiger partial charge in [-0.05, 0) is 43.3 Å². The second kappa shape index (κ2) is 5.82. The van der Waals surface area contributed by atoms with E-state index in [4.69, 9.17) is 9.41 Å². The molecule has 1 atom stereocenters. The molecule has 1 aromatic heterocycles. The van der Waals surface area contributed by atoms with Crippen LogP contribution in [0.1, 0.15) is 39.5 Å². The number of rotatable bonds is 3. The molecule has 114 valence electrons. The summed E-state index contributed by atoms with van der Waals surface area (Å²) in [5.41, 5.74) is 2.01. The van der Waals surface area contributed by atoms with Crippen LogP contribution in [0.5, 0.6) is 0 Å². The maximum atomic E-state index is 6.43. The monoisotopic (exact) mass is 365 g/mol. The molecule has 0 saturated carbocycles. The topological polar surface area (TPSA) is 22.1 Å². The number of aromatic nitrogens is 1. The Morgan fingerprint density at radius 2 is 1.76 bits per heavy atom. The van der Waals surface area contributed by atoms with E-state index in [1.165, 1.54) is 0 Å². The molecule has 2 nitrogen and oxygen atoms in total. The fourth-order valence-electron chi connectivity index (χ4n) is 2.01. The Kier molecular flexibility index (Phi) is 4.62. The Morgan fingerprint density at radius 3 is 2.38 bits per heavy atom. The van der Waals surface area contributed by atoms with Gasteiger partial charge in [0.1, 0.15) is 0 Å². The Labute approximate surface area is 137 Å². The van der Waals surface area contributed by atoms with Gasteiger partial charge in [0, 0.05) is 9.86 Å². The van der Waals surface area contributed by atoms with Gasteiger partial charge in [-0.3, -0.25) is 4.98 Å². The number of hydrogen-bond donors (Lipinski definition) is 0. The minimum atomic E-state index is -1.78. The quantitative estimate of drug-likeness (QED) is 0.614. The molecular weight excluding hydrogens is 342 g/mol. The molecule has 0 aliphatic rings. The molecule has 2 aromatic rings. The third kappa shape index (κ3) is 3.73. The van der Waals surface area contributed by atoms with Crippen LogP contribution in [0.3, 0.4) is 0 Å².